The summed E-state index contributed by atoms with van der Waals surface area (Å²) >= 11 is 24.6. The molecule has 0 fully saturated rings. The lowest BCUT2D eigenvalue weighted by atomic mass is 10.0. The fourth-order valence-electron chi connectivity index (χ4n) is 4.02. The van der Waals surface area contributed by atoms with Crippen LogP contribution in [0.3, 0.4) is 0 Å². The Hall–Kier alpha value is -2.49. The average molecular weight is 645 g/mol. The first kappa shape index (κ1) is 32.0. The molecule has 0 aliphatic rings. The van der Waals surface area contributed by atoms with Gasteiger partial charge < -0.3 is 10.2 Å². The molecule has 1 atom stereocenters. The molecule has 3 aromatic rings. The molecule has 0 heterocycles. The lowest BCUT2D eigenvalue weighted by Crippen LogP contribution is -2.54. The van der Waals surface area contributed by atoms with Crippen molar-refractivity contribution in [3.63, 3.8) is 0 Å². The minimum absolute atomic E-state index is 0.00439. The van der Waals surface area contributed by atoms with Crippen molar-refractivity contribution in [2.75, 3.05) is 17.1 Å². The van der Waals surface area contributed by atoms with Crippen LogP contribution in [0.15, 0.2) is 66.7 Å². The van der Waals surface area contributed by atoms with Crippen LogP contribution in [0.4, 0.5) is 5.69 Å². The highest BCUT2D eigenvalue weighted by atomic mass is 35.5. The summed E-state index contributed by atoms with van der Waals surface area (Å²) in [5.41, 5.74) is 1.52. The number of anilines is 1. The van der Waals surface area contributed by atoms with Crippen LogP contribution in [-0.4, -0.2) is 50.0 Å². The maximum atomic E-state index is 14.0. The molecule has 3 aromatic carbocycles. The number of nitrogens with zero attached hydrogens (tertiary/aromatic N) is 2. The van der Waals surface area contributed by atoms with E-state index in [9.17, 15) is 18.0 Å². The number of rotatable bonds is 11. The first-order valence-corrected chi connectivity index (χ1v) is 15.6. The highest BCUT2D eigenvalue weighted by Crippen LogP contribution is 2.35. The Balaban J connectivity index is 2.09. The molecule has 0 radical (unpaired) electrons. The van der Waals surface area contributed by atoms with Gasteiger partial charge in [0.05, 0.1) is 27.0 Å². The first-order valence-electron chi connectivity index (χ1n) is 12.3. The first-order chi connectivity index (χ1) is 18.8. The molecule has 0 aliphatic heterocycles. The third-order valence-electron chi connectivity index (χ3n) is 5.91. The summed E-state index contributed by atoms with van der Waals surface area (Å²) in [7, 11) is -4.02. The fourth-order valence-corrected chi connectivity index (χ4v) is 5.69. The van der Waals surface area contributed by atoms with Gasteiger partial charge in [-0.05, 0) is 49.2 Å². The van der Waals surface area contributed by atoms with Crippen molar-refractivity contribution in [2.45, 2.75) is 38.9 Å². The van der Waals surface area contributed by atoms with E-state index in [0.29, 0.717) is 10.6 Å². The van der Waals surface area contributed by atoms with E-state index in [2.05, 4.69) is 5.32 Å². The molecule has 0 saturated heterocycles. The molecule has 40 heavy (non-hydrogen) atoms. The van der Waals surface area contributed by atoms with Gasteiger partial charge in [0, 0.05) is 24.0 Å². The van der Waals surface area contributed by atoms with Gasteiger partial charge in [0.2, 0.25) is 21.8 Å². The number of carbonyl (C=O) groups is 2. The molecule has 12 heteroatoms. The number of sulfonamides is 1. The van der Waals surface area contributed by atoms with Gasteiger partial charge in [-0.15, -0.1) is 0 Å². The second-order valence-electron chi connectivity index (χ2n) is 9.50. The van der Waals surface area contributed by atoms with Crippen LogP contribution in [0, 0.1) is 0 Å². The molecule has 0 unspecified atom stereocenters. The number of hydrogen-bond acceptors (Lipinski definition) is 4. The van der Waals surface area contributed by atoms with Gasteiger partial charge >= 0.3 is 0 Å². The number of halogens is 4. The SMILES string of the molecule is CC(C)NC(=O)[C@H](Cc1ccccc1)N(Cc1ccc(Cl)cc1)C(=O)CN(c1cc(Cl)c(Cl)cc1Cl)S(C)(=O)=O. The summed E-state index contributed by atoms with van der Waals surface area (Å²) in [4.78, 5) is 28.9. The van der Waals surface area contributed by atoms with Crippen molar-refractivity contribution in [3.05, 3.63) is 97.9 Å². The molecular formula is C28H29Cl4N3O4S. The van der Waals surface area contributed by atoms with Crippen molar-refractivity contribution in [1.82, 2.24) is 10.2 Å². The van der Waals surface area contributed by atoms with Crippen molar-refractivity contribution in [2.24, 2.45) is 0 Å². The molecule has 0 spiro atoms. The van der Waals surface area contributed by atoms with Crippen LogP contribution in [-0.2, 0) is 32.6 Å². The smallest absolute Gasteiger partial charge is 0.244 e. The van der Waals surface area contributed by atoms with Gasteiger partial charge in [0.25, 0.3) is 0 Å². The monoisotopic (exact) mass is 643 g/mol. The van der Waals surface area contributed by atoms with Gasteiger partial charge in [-0.25, -0.2) is 8.42 Å². The molecule has 3 rings (SSSR count). The summed E-state index contributed by atoms with van der Waals surface area (Å²) in [5.74, 6) is -0.998. The van der Waals surface area contributed by atoms with E-state index in [1.165, 1.54) is 17.0 Å². The lowest BCUT2D eigenvalue weighted by molar-refractivity contribution is -0.140. The van der Waals surface area contributed by atoms with Gasteiger partial charge in [-0.1, -0.05) is 88.9 Å². The summed E-state index contributed by atoms with van der Waals surface area (Å²) in [6.07, 6.45) is 1.15. The molecule has 0 aromatic heterocycles. The summed E-state index contributed by atoms with van der Waals surface area (Å²) in [6, 6.07) is 17.5. The summed E-state index contributed by atoms with van der Waals surface area (Å²) < 4.78 is 26.7. The number of carbonyl (C=O) groups excluding carboxylic acids is 2. The largest absolute Gasteiger partial charge is 0.352 e. The summed E-state index contributed by atoms with van der Waals surface area (Å²) in [5, 5.41) is 3.60. The second kappa shape index (κ2) is 13.9. The Morgan fingerprint density at radius 3 is 2.02 bits per heavy atom. The number of nitrogens with one attached hydrogen (secondary N) is 1. The maximum Gasteiger partial charge on any atom is 0.244 e. The molecule has 0 bridgehead atoms. The zero-order valence-electron chi connectivity index (χ0n) is 22.1. The van der Waals surface area contributed by atoms with Gasteiger partial charge in [-0.2, -0.15) is 0 Å². The predicted octanol–water partition coefficient (Wildman–Crippen LogP) is 6.23. The van der Waals surface area contributed by atoms with E-state index in [1.54, 1.807) is 24.3 Å². The third-order valence-corrected chi connectivity index (χ3v) is 8.31. The number of hydrogen-bond donors (Lipinski definition) is 1. The Labute approximate surface area is 255 Å². The van der Waals surface area contributed by atoms with E-state index < -0.39 is 28.5 Å². The quantitative estimate of drug-likeness (QED) is 0.251. The zero-order valence-corrected chi connectivity index (χ0v) is 25.9. The molecule has 0 saturated carbocycles. The van der Waals surface area contributed by atoms with E-state index in [4.69, 9.17) is 46.4 Å². The Morgan fingerprint density at radius 1 is 0.850 bits per heavy atom. The normalized spacial score (nSPS) is 12.2. The van der Waals surface area contributed by atoms with Crippen molar-refractivity contribution in [1.29, 1.82) is 0 Å². The van der Waals surface area contributed by atoms with E-state index >= 15 is 0 Å². The topological polar surface area (TPSA) is 86.8 Å². The Kier molecular flexibility index (Phi) is 11.1. The van der Waals surface area contributed by atoms with Gasteiger partial charge in [0.1, 0.15) is 12.6 Å². The van der Waals surface area contributed by atoms with Crippen molar-refractivity contribution < 1.29 is 18.0 Å². The standard InChI is InChI=1S/C28H29Cl4N3O4S/c1-18(2)33-28(37)26(13-19-7-5-4-6-8-19)34(16-20-9-11-21(29)12-10-20)27(36)17-35(40(3,38)39)25-15-23(31)22(30)14-24(25)32/h4-12,14-15,18,26H,13,16-17H2,1-3H3,(H,33,37)/t26-/m0/s1. The molecular weight excluding hydrogens is 616 g/mol. The average Bonchev–Trinajstić information content (AvgIpc) is 2.87. The Morgan fingerprint density at radius 2 is 1.45 bits per heavy atom. The van der Waals surface area contributed by atoms with E-state index in [-0.39, 0.29) is 45.7 Å². The van der Waals surface area contributed by atoms with Crippen molar-refractivity contribution >= 4 is 73.9 Å². The lowest BCUT2D eigenvalue weighted by Gasteiger charge is -2.34. The highest BCUT2D eigenvalue weighted by molar-refractivity contribution is 7.92. The second-order valence-corrected chi connectivity index (χ2v) is 13.1. The zero-order chi connectivity index (χ0) is 29.6. The molecule has 0 aliphatic carbocycles. The van der Waals surface area contributed by atoms with Gasteiger partial charge in [-0.3, -0.25) is 13.9 Å². The third kappa shape index (κ3) is 8.75. The minimum atomic E-state index is -4.02. The van der Waals surface area contributed by atoms with Crippen LogP contribution in [0.1, 0.15) is 25.0 Å². The van der Waals surface area contributed by atoms with Crippen LogP contribution >= 0.6 is 46.4 Å². The van der Waals surface area contributed by atoms with Crippen LogP contribution in [0.2, 0.25) is 20.1 Å². The Bertz CT molecular complexity index is 1450. The van der Waals surface area contributed by atoms with Crippen LogP contribution in [0.25, 0.3) is 0 Å². The van der Waals surface area contributed by atoms with Crippen LogP contribution in [0.5, 0.6) is 0 Å². The van der Waals surface area contributed by atoms with E-state index in [0.717, 1.165) is 16.1 Å². The molecule has 2 amide bonds. The molecule has 1 N–H and O–H groups in total. The number of amides is 2. The molecule has 7 nitrogen and oxygen atoms in total. The van der Waals surface area contributed by atoms with Crippen molar-refractivity contribution in [3.8, 4) is 0 Å². The predicted molar refractivity (Wildman–Crippen MR) is 163 cm³/mol. The van der Waals surface area contributed by atoms with Gasteiger partial charge in [0.15, 0.2) is 0 Å². The molecule has 214 valence electrons. The minimum Gasteiger partial charge on any atom is -0.352 e. The maximum absolute atomic E-state index is 14.0. The highest BCUT2D eigenvalue weighted by Gasteiger charge is 2.34. The fraction of sp³-hybridized carbons (Fsp3) is 0.286. The number of benzene rings is 3. The van der Waals surface area contributed by atoms with E-state index in [1.807, 2.05) is 44.2 Å². The van der Waals surface area contributed by atoms with Crippen LogP contribution < -0.4 is 9.62 Å². The summed E-state index contributed by atoms with van der Waals surface area (Å²) in [6.45, 7) is 3.02.